The van der Waals surface area contributed by atoms with E-state index in [-0.39, 0.29) is 0 Å². The van der Waals surface area contributed by atoms with E-state index in [4.69, 9.17) is 11.6 Å². The van der Waals surface area contributed by atoms with E-state index in [0.29, 0.717) is 17.0 Å². The fourth-order valence-electron chi connectivity index (χ4n) is 2.02. The van der Waals surface area contributed by atoms with Crippen LogP contribution in [0.3, 0.4) is 0 Å². The second-order valence-electron chi connectivity index (χ2n) is 5.18. The van der Waals surface area contributed by atoms with Gasteiger partial charge in [0.2, 0.25) is 0 Å². The van der Waals surface area contributed by atoms with Gasteiger partial charge in [-0.3, -0.25) is 0 Å². The van der Waals surface area contributed by atoms with E-state index in [1.807, 2.05) is 6.92 Å². The van der Waals surface area contributed by atoms with Gasteiger partial charge in [0, 0.05) is 18.0 Å². The molecule has 1 aromatic rings. The largest absolute Gasteiger partial charge is 0.369 e. The molecular formula is C14H22ClN3. The summed E-state index contributed by atoms with van der Waals surface area (Å²) in [6.45, 7) is 7.40. The quantitative estimate of drug-likeness (QED) is 0.787. The van der Waals surface area contributed by atoms with Crippen molar-refractivity contribution < 1.29 is 0 Å². The first-order chi connectivity index (χ1) is 8.65. The zero-order chi connectivity index (χ0) is 13.1. The van der Waals surface area contributed by atoms with Gasteiger partial charge in [0.15, 0.2) is 0 Å². The molecule has 0 unspecified atom stereocenters. The molecule has 0 spiro atoms. The Labute approximate surface area is 114 Å². The van der Waals surface area contributed by atoms with Crippen LogP contribution in [0.15, 0.2) is 0 Å². The minimum Gasteiger partial charge on any atom is -0.369 e. The van der Waals surface area contributed by atoms with Crippen LogP contribution in [0.25, 0.3) is 0 Å². The lowest BCUT2D eigenvalue weighted by Gasteiger charge is -2.16. The van der Waals surface area contributed by atoms with E-state index in [0.717, 1.165) is 23.8 Å². The Hall–Kier alpha value is -0.830. The highest BCUT2D eigenvalue weighted by molar-refractivity contribution is 6.30. The van der Waals surface area contributed by atoms with Crippen molar-refractivity contribution in [3.63, 3.8) is 0 Å². The third-order valence-corrected chi connectivity index (χ3v) is 4.13. The van der Waals surface area contributed by atoms with Crippen LogP contribution in [0.4, 0.5) is 5.82 Å². The molecule has 1 aliphatic carbocycles. The summed E-state index contributed by atoms with van der Waals surface area (Å²) < 4.78 is 0. The van der Waals surface area contributed by atoms with Crippen molar-refractivity contribution in [3.05, 3.63) is 16.5 Å². The highest BCUT2D eigenvalue weighted by atomic mass is 35.5. The average molecular weight is 268 g/mol. The van der Waals surface area contributed by atoms with Crippen molar-refractivity contribution in [2.75, 3.05) is 11.9 Å². The van der Waals surface area contributed by atoms with E-state index in [9.17, 15) is 0 Å². The van der Waals surface area contributed by atoms with Crippen molar-refractivity contribution in [1.82, 2.24) is 9.97 Å². The number of nitrogens with zero attached hydrogens (tertiary/aromatic N) is 2. The highest BCUT2D eigenvalue weighted by Crippen LogP contribution is 2.39. The molecule has 1 aliphatic rings. The minimum atomic E-state index is 0.539. The molecular weight excluding hydrogens is 246 g/mol. The Morgan fingerprint density at radius 1 is 1.28 bits per heavy atom. The van der Waals surface area contributed by atoms with Gasteiger partial charge in [-0.15, -0.1) is 0 Å². The maximum atomic E-state index is 6.18. The number of halogens is 1. The lowest BCUT2D eigenvalue weighted by Crippen LogP contribution is -2.15. The fourth-order valence-corrected chi connectivity index (χ4v) is 2.20. The van der Waals surface area contributed by atoms with Crippen LogP contribution in [0.1, 0.15) is 56.8 Å². The summed E-state index contributed by atoms with van der Waals surface area (Å²) >= 11 is 6.18. The molecule has 3 nitrogen and oxygen atoms in total. The molecule has 18 heavy (non-hydrogen) atoms. The van der Waals surface area contributed by atoms with Crippen molar-refractivity contribution >= 4 is 17.4 Å². The molecule has 1 heterocycles. The summed E-state index contributed by atoms with van der Waals surface area (Å²) in [5.74, 6) is 3.07. The van der Waals surface area contributed by atoms with Gasteiger partial charge in [0.25, 0.3) is 0 Å². The first kappa shape index (κ1) is 13.6. The summed E-state index contributed by atoms with van der Waals surface area (Å²) in [4.78, 5) is 9.01. The van der Waals surface area contributed by atoms with Gasteiger partial charge in [0.05, 0.1) is 0 Å². The van der Waals surface area contributed by atoms with E-state index in [1.54, 1.807) is 0 Å². The van der Waals surface area contributed by atoms with Gasteiger partial charge in [-0.2, -0.15) is 0 Å². The average Bonchev–Trinajstić information content (AvgIpc) is 3.19. The molecule has 0 aliphatic heterocycles. The molecule has 0 radical (unpaired) electrons. The number of hydrogen-bond acceptors (Lipinski definition) is 3. The predicted molar refractivity (Wildman–Crippen MR) is 76.3 cm³/mol. The number of hydrogen-bond donors (Lipinski definition) is 1. The molecule has 0 amide bonds. The Kier molecular flexibility index (Phi) is 4.44. The third kappa shape index (κ3) is 3.14. The molecule has 1 saturated carbocycles. The van der Waals surface area contributed by atoms with Crippen molar-refractivity contribution in [3.8, 4) is 0 Å². The van der Waals surface area contributed by atoms with Crippen molar-refractivity contribution in [2.24, 2.45) is 5.92 Å². The van der Waals surface area contributed by atoms with Crippen molar-refractivity contribution in [2.45, 2.75) is 52.4 Å². The second kappa shape index (κ2) is 5.87. The van der Waals surface area contributed by atoms with Crippen LogP contribution in [-0.4, -0.2) is 16.5 Å². The minimum absolute atomic E-state index is 0.539. The maximum Gasteiger partial charge on any atom is 0.137 e. The molecule has 2 rings (SSSR count). The van der Waals surface area contributed by atoms with Crippen LogP contribution < -0.4 is 5.32 Å². The maximum absolute atomic E-state index is 6.18. The summed E-state index contributed by atoms with van der Waals surface area (Å²) in [5, 5.41) is 4.04. The topological polar surface area (TPSA) is 37.8 Å². The Morgan fingerprint density at radius 2 is 1.94 bits per heavy atom. The molecule has 0 aromatic carbocycles. The molecule has 0 saturated heterocycles. The van der Waals surface area contributed by atoms with Gasteiger partial charge < -0.3 is 5.32 Å². The molecule has 0 atom stereocenters. The number of rotatable bonds is 6. The lowest BCUT2D eigenvalue weighted by molar-refractivity contribution is 0.518. The second-order valence-corrected chi connectivity index (χ2v) is 5.54. The molecule has 1 N–H and O–H groups in total. The molecule has 1 fully saturated rings. The smallest absolute Gasteiger partial charge is 0.137 e. The zero-order valence-electron chi connectivity index (χ0n) is 11.5. The SMILES string of the molecule is CCC(CC)CNc1nc(C2CC2)nc(Cl)c1C. The summed E-state index contributed by atoms with van der Waals surface area (Å²) in [7, 11) is 0. The van der Waals surface area contributed by atoms with Gasteiger partial charge >= 0.3 is 0 Å². The number of nitrogens with one attached hydrogen (secondary N) is 1. The Morgan fingerprint density at radius 3 is 2.50 bits per heavy atom. The third-order valence-electron chi connectivity index (χ3n) is 3.76. The molecule has 1 aromatic heterocycles. The fraction of sp³-hybridized carbons (Fsp3) is 0.714. The first-order valence-corrected chi connectivity index (χ1v) is 7.31. The molecule has 0 bridgehead atoms. The Balaban J connectivity index is 2.10. The van der Waals surface area contributed by atoms with Crippen molar-refractivity contribution in [1.29, 1.82) is 0 Å². The van der Waals surface area contributed by atoms with E-state index in [1.165, 1.54) is 25.7 Å². The van der Waals surface area contributed by atoms with Gasteiger partial charge in [-0.25, -0.2) is 9.97 Å². The number of anilines is 1. The van der Waals surface area contributed by atoms with Gasteiger partial charge in [-0.1, -0.05) is 38.3 Å². The van der Waals surface area contributed by atoms with E-state index < -0.39 is 0 Å². The van der Waals surface area contributed by atoms with Crippen LogP contribution in [-0.2, 0) is 0 Å². The summed E-state index contributed by atoms with van der Waals surface area (Å²) in [6, 6.07) is 0. The molecule has 100 valence electrons. The summed E-state index contributed by atoms with van der Waals surface area (Å²) in [5.41, 5.74) is 0.965. The molecule has 4 heteroatoms. The highest BCUT2D eigenvalue weighted by Gasteiger charge is 2.28. The monoisotopic (exact) mass is 267 g/mol. The normalized spacial score (nSPS) is 15.2. The zero-order valence-corrected chi connectivity index (χ0v) is 12.2. The standard InChI is InChI=1S/C14H22ClN3/c1-4-10(5-2)8-16-13-9(3)12(15)17-14(18-13)11-6-7-11/h10-11H,4-8H2,1-3H3,(H,16,17,18). The Bertz CT molecular complexity index is 412. The van der Waals surface area contributed by atoms with E-state index in [2.05, 4.69) is 29.1 Å². The van der Waals surface area contributed by atoms with Crippen LogP contribution >= 0.6 is 11.6 Å². The summed E-state index contributed by atoms with van der Waals surface area (Å²) in [6.07, 6.45) is 4.78. The van der Waals surface area contributed by atoms with Gasteiger partial charge in [-0.05, 0) is 25.7 Å². The number of aromatic nitrogens is 2. The van der Waals surface area contributed by atoms with E-state index >= 15 is 0 Å². The van der Waals surface area contributed by atoms with Crippen LogP contribution in [0.5, 0.6) is 0 Å². The van der Waals surface area contributed by atoms with Crippen LogP contribution in [0, 0.1) is 12.8 Å². The predicted octanol–water partition coefficient (Wildman–Crippen LogP) is 4.16. The van der Waals surface area contributed by atoms with Crippen LogP contribution in [0.2, 0.25) is 5.15 Å². The van der Waals surface area contributed by atoms with Gasteiger partial charge in [0.1, 0.15) is 16.8 Å². The first-order valence-electron chi connectivity index (χ1n) is 6.93. The lowest BCUT2D eigenvalue weighted by atomic mass is 10.0.